The van der Waals surface area contributed by atoms with Gasteiger partial charge in [0.15, 0.2) is 11.6 Å². The number of rotatable bonds is 3. The number of halogens is 2. The Kier molecular flexibility index (Phi) is 4.69. The zero-order chi connectivity index (χ0) is 17.1. The van der Waals surface area contributed by atoms with Crippen molar-refractivity contribution >= 4 is 17.5 Å². The maximum atomic E-state index is 13.2. The lowest BCUT2D eigenvalue weighted by Gasteiger charge is -2.30. The molecule has 1 aliphatic rings. The maximum absolute atomic E-state index is 13.2. The molecular formula is C17H18F2N4O. The number of aromatic nitrogens is 2. The molecule has 3 rings (SSSR count). The van der Waals surface area contributed by atoms with Gasteiger partial charge in [0.2, 0.25) is 5.95 Å². The Morgan fingerprint density at radius 3 is 2.46 bits per heavy atom. The van der Waals surface area contributed by atoms with E-state index in [1.54, 1.807) is 0 Å². The van der Waals surface area contributed by atoms with Crippen LogP contribution in [0.2, 0.25) is 0 Å². The molecule has 2 aromatic rings. The monoisotopic (exact) mass is 332 g/mol. The van der Waals surface area contributed by atoms with Crippen LogP contribution in [0.4, 0.5) is 20.4 Å². The Labute approximate surface area is 138 Å². The van der Waals surface area contributed by atoms with Gasteiger partial charge in [-0.2, -0.15) is 0 Å². The van der Waals surface area contributed by atoms with Crippen molar-refractivity contribution in [3.63, 3.8) is 0 Å². The van der Waals surface area contributed by atoms with E-state index in [-0.39, 0.29) is 11.3 Å². The van der Waals surface area contributed by atoms with Crippen molar-refractivity contribution in [2.75, 3.05) is 23.3 Å². The van der Waals surface area contributed by atoms with E-state index in [0.717, 1.165) is 38.1 Å². The number of nitrogens with zero attached hydrogens (tertiary/aromatic N) is 3. The minimum absolute atomic E-state index is 0.174. The van der Waals surface area contributed by atoms with E-state index in [2.05, 4.69) is 27.1 Å². The van der Waals surface area contributed by atoms with Crippen molar-refractivity contribution in [1.82, 2.24) is 9.97 Å². The van der Waals surface area contributed by atoms with Gasteiger partial charge < -0.3 is 10.2 Å². The largest absolute Gasteiger partial charge is 0.341 e. The number of benzene rings is 1. The fraction of sp³-hybridized carbons (Fsp3) is 0.353. The highest BCUT2D eigenvalue weighted by Gasteiger charge is 2.18. The zero-order valence-electron chi connectivity index (χ0n) is 13.3. The van der Waals surface area contributed by atoms with E-state index in [4.69, 9.17) is 0 Å². The average molecular weight is 332 g/mol. The van der Waals surface area contributed by atoms with Gasteiger partial charge in [-0.1, -0.05) is 6.92 Å². The Hall–Kier alpha value is -2.57. The molecule has 0 bridgehead atoms. The highest BCUT2D eigenvalue weighted by molar-refractivity contribution is 6.03. The van der Waals surface area contributed by atoms with Crippen LogP contribution < -0.4 is 10.2 Å². The number of hydrogen-bond acceptors (Lipinski definition) is 4. The van der Waals surface area contributed by atoms with Crippen LogP contribution in [0.3, 0.4) is 0 Å². The van der Waals surface area contributed by atoms with Crippen LogP contribution in [0.5, 0.6) is 0 Å². The van der Waals surface area contributed by atoms with Crippen molar-refractivity contribution in [1.29, 1.82) is 0 Å². The summed E-state index contributed by atoms with van der Waals surface area (Å²) in [6.07, 6.45) is 5.08. The Morgan fingerprint density at radius 2 is 1.83 bits per heavy atom. The molecule has 1 saturated heterocycles. The van der Waals surface area contributed by atoms with Crippen LogP contribution in [0.25, 0.3) is 0 Å². The quantitative estimate of drug-likeness (QED) is 0.937. The Bertz CT molecular complexity index is 728. The summed E-state index contributed by atoms with van der Waals surface area (Å²) in [5, 5.41) is 2.49. The topological polar surface area (TPSA) is 58.1 Å². The third kappa shape index (κ3) is 3.67. The van der Waals surface area contributed by atoms with Gasteiger partial charge in [-0.3, -0.25) is 4.79 Å². The van der Waals surface area contributed by atoms with Crippen LogP contribution >= 0.6 is 0 Å². The number of amides is 1. The second-order valence-corrected chi connectivity index (χ2v) is 6.02. The number of anilines is 2. The first-order chi connectivity index (χ1) is 11.5. The standard InChI is InChI=1S/C17H18F2N4O/c1-11-4-6-23(7-5-11)17-20-9-12(10-21-17)16(24)22-13-2-3-14(18)15(19)8-13/h2-3,8-11H,4-7H2,1H3,(H,22,24). The fourth-order valence-corrected chi connectivity index (χ4v) is 2.59. The number of carbonyl (C=O) groups excluding carboxylic acids is 1. The lowest BCUT2D eigenvalue weighted by atomic mass is 10.00. The molecule has 0 aliphatic carbocycles. The lowest BCUT2D eigenvalue weighted by molar-refractivity contribution is 0.102. The van der Waals surface area contributed by atoms with Crippen LogP contribution in [0.1, 0.15) is 30.1 Å². The van der Waals surface area contributed by atoms with E-state index < -0.39 is 17.5 Å². The highest BCUT2D eigenvalue weighted by Crippen LogP contribution is 2.20. The number of hydrogen-bond donors (Lipinski definition) is 1. The molecule has 2 heterocycles. The van der Waals surface area contributed by atoms with Gasteiger partial charge in [0.25, 0.3) is 5.91 Å². The second kappa shape index (κ2) is 6.90. The lowest BCUT2D eigenvalue weighted by Crippen LogP contribution is -2.34. The van der Waals surface area contributed by atoms with Gasteiger partial charge >= 0.3 is 0 Å². The molecule has 24 heavy (non-hydrogen) atoms. The van der Waals surface area contributed by atoms with E-state index in [1.165, 1.54) is 18.5 Å². The highest BCUT2D eigenvalue weighted by atomic mass is 19.2. The van der Waals surface area contributed by atoms with Gasteiger partial charge in [-0.15, -0.1) is 0 Å². The van der Waals surface area contributed by atoms with Crippen LogP contribution in [-0.4, -0.2) is 29.0 Å². The van der Waals surface area contributed by atoms with Gasteiger partial charge in [-0.05, 0) is 30.9 Å². The van der Waals surface area contributed by atoms with Crippen molar-refractivity contribution in [2.45, 2.75) is 19.8 Å². The summed E-state index contributed by atoms with van der Waals surface area (Å²) in [7, 11) is 0. The summed E-state index contributed by atoms with van der Waals surface area (Å²) < 4.78 is 26.1. The smallest absolute Gasteiger partial charge is 0.258 e. The van der Waals surface area contributed by atoms with Crippen LogP contribution in [0, 0.1) is 17.6 Å². The third-order valence-corrected chi connectivity index (χ3v) is 4.14. The van der Waals surface area contributed by atoms with Gasteiger partial charge in [0, 0.05) is 37.2 Å². The number of carbonyl (C=O) groups is 1. The summed E-state index contributed by atoms with van der Waals surface area (Å²) in [4.78, 5) is 22.7. The predicted octanol–water partition coefficient (Wildman–Crippen LogP) is 3.24. The fourth-order valence-electron chi connectivity index (χ4n) is 2.59. The molecule has 0 radical (unpaired) electrons. The molecule has 0 atom stereocenters. The summed E-state index contributed by atoms with van der Waals surface area (Å²) >= 11 is 0. The Balaban J connectivity index is 1.66. The molecule has 0 saturated carbocycles. The average Bonchev–Trinajstić information content (AvgIpc) is 2.59. The minimum atomic E-state index is -1.02. The summed E-state index contributed by atoms with van der Waals surface area (Å²) in [6.45, 7) is 4.03. The molecule has 1 aliphatic heterocycles. The molecule has 5 nitrogen and oxygen atoms in total. The van der Waals surface area contributed by atoms with Crippen molar-refractivity contribution in [3.8, 4) is 0 Å². The van der Waals surface area contributed by atoms with Gasteiger partial charge in [0.1, 0.15) is 0 Å². The van der Waals surface area contributed by atoms with Crippen molar-refractivity contribution in [2.24, 2.45) is 5.92 Å². The SMILES string of the molecule is CC1CCN(c2ncc(C(=O)Nc3ccc(F)c(F)c3)cn2)CC1. The van der Waals surface area contributed by atoms with E-state index >= 15 is 0 Å². The van der Waals surface area contributed by atoms with E-state index in [1.807, 2.05) is 0 Å². The first-order valence-corrected chi connectivity index (χ1v) is 7.86. The van der Waals surface area contributed by atoms with Crippen molar-refractivity contribution < 1.29 is 13.6 Å². The van der Waals surface area contributed by atoms with E-state index in [9.17, 15) is 13.6 Å². The normalized spacial score (nSPS) is 15.4. The molecule has 1 aromatic carbocycles. The number of nitrogens with one attached hydrogen (secondary N) is 1. The van der Waals surface area contributed by atoms with Gasteiger partial charge in [0.05, 0.1) is 5.56 Å². The molecule has 1 fully saturated rings. The Morgan fingerprint density at radius 1 is 1.17 bits per heavy atom. The first kappa shape index (κ1) is 16.3. The summed E-state index contributed by atoms with van der Waals surface area (Å²) in [5.74, 6) is -1.14. The maximum Gasteiger partial charge on any atom is 0.258 e. The van der Waals surface area contributed by atoms with Crippen LogP contribution in [0.15, 0.2) is 30.6 Å². The molecular weight excluding hydrogens is 314 g/mol. The third-order valence-electron chi connectivity index (χ3n) is 4.14. The van der Waals surface area contributed by atoms with E-state index in [0.29, 0.717) is 11.9 Å². The predicted molar refractivity (Wildman–Crippen MR) is 87.0 cm³/mol. The zero-order valence-corrected chi connectivity index (χ0v) is 13.3. The summed E-state index contributed by atoms with van der Waals surface area (Å²) in [6, 6.07) is 3.18. The summed E-state index contributed by atoms with van der Waals surface area (Å²) in [5.41, 5.74) is 0.432. The molecule has 0 spiro atoms. The number of piperidine rings is 1. The van der Waals surface area contributed by atoms with Gasteiger partial charge in [-0.25, -0.2) is 18.7 Å². The van der Waals surface area contributed by atoms with Crippen LogP contribution in [-0.2, 0) is 0 Å². The van der Waals surface area contributed by atoms with Crippen molar-refractivity contribution in [3.05, 3.63) is 47.8 Å². The molecule has 1 N–H and O–H groups in total. The molecule has 1 amide bonds. The molecule has 1 aromatic heterocycles. The molecule has 0 unspecified atom stereocenters. The second-order valence-electron chi connectivity index (χ2n) is 6.02. The molecule has 7 heteroatoms. The first-order valence-electron chi connectivity index (χ1n) is 7.86. The minimum Gasteiger partial charge on any atom is -0.341 e. The molecule has 126 valence electrons.